The first kappa shape index (κ1) is 16.5. The average Bonchev–Trinajstić information content (AvgIpc) is 2.90. The third kappa shape index (κ3) is 2.25. The first-order chi connectivity index (χ1) is 10.7. The largest absolute Gasteiger partial charge is 0.327 e. The molecule has 2 atom stereocenters. The first-order valence-electron chi connectivity index (χ1n) is 6.83. The number of fused-ring (bicyclic) bond motifs is 1. The van der Waals surface area contributed by atoms with Gasteiger partial charge in [0.2, 0.25) is 10.0 Å². The van der Waals surface area contributed by atoms with E-state index in [1.807, 2.05) is 0 Å². The van der Waals surface area contributed by atoms with E-state index < -0.39 is 25.7 Å². The molecule has 2 aromatic heterocycles. The van der Waals surface area contributed by atoms with E-state index in [2.05, 4.69) is 20.9 Å². The van der Waals surface area contributed by atoms with Gasteiger partial charge in [-0.2, -0.15) is 0 Å². The Morgan fingerprint density at radius 1 is 1.39 bits per heavy atom. The highest BCUT2D eigenvalue weighted by molar-refractivity contribution is 9.11. The Morgan fingerprint density at radius 3 is 2.74 bits per heavy atom. The van der Waals surface area contributed by atoms with E-state index in [1.165, 1.54) is 12.4 Å². The number of alkyl halides is 1. The minimum absolute atomic E-state index is 0.0963. The maximum absolute atomic E-state index is 13.3. The van der Waals surface area contributed by atoms with Gasteiger partial charge >= 0.3 is 0 Å². The lowest BCUT2D eigenvalue weighted by atomic mass is 9.93. The van der Waals surface area contributed by atoms with Crippen molar-refractivity contribution in [3.05, 3.63) is 57.1 Å². The molecule has 8 heteroatoms. The van der Waals surface area contributed by atoms with Gasteiger partial charge in [0, 0.05) is 22.3 Å². The molecule has 1 aliphatic rings. The molecule has 2 heterocycles. The van der Waals surface area contributed by atoms with E-state index in [0.29, 0.717) is 11.0 Å². The molecule has 0 amide bonds. The summed E-state index contributed by atoms with van der Waals surface area (Å²) >= 11 is 9.71. The van der Waals surface area contributed by atoms with Crippen LogP contribution in [-0.2, 0) is 10.0 Å². The van der Waals surface area contributed by atoms with Gasteiger partial charge < -0.3 is 4.98 Å². The fraction of sp³-hybridized carbons (Fsp3) is 0.267. The molecule has 0 radical (unpaired) electrons. The molecule has 0 aliphatic heterocycles. The summed E-state index contributed by atoms with van der Waals surface area (Å²) < 4.78 is 27.0. The molecule has 0 saturated carbocycles. The molecule has 3 rings (SSSR count). The number of H-pyrrole nitrogens is 1. The summed E-state index contributed by atoms with van der Waals surface area (Å²) in [5, 5.41) is -0.215. The zero-order valence-corrected chi connectivity index (χ0v) is 15.5. The Labute approximate surface area is 146 Å². The van der Waals surface area contributed by atoms with Gasteiger partial charge in [0.15, 0.2) is 0 Å². The maximum Gasteiger partial charge on any atom is 0.273 e. The fourth-order valence-electron chi connectivity index (χ4n) is 2.73. The Morgan fingerprint density at radius 2 is 2.09 bits per heavy atom. The third-order valence-corrected chi connectivity index (χ3v) is 7.99. The summed E-state index contributed by atoms with van der Waals surface area (Å²) in [7, 11) is -3.96. The van der Waals surface area contributed by atoms with Gasteiger partial charge in [0.05, 0.1) is 5.38 Å². The van der Waals surface area contributed by atoms with Crippen LogP contribution < -0.4 is 5.56 Å². The lowest BCUT2D eigenvalue weighted by Crippen LogP contribution is -2.48. The van der Waals surface area contributed by atoms with Crippen molar-refractivity contribution in [2.75, 3.05) is 0 Å². The van der Waals surface area contributed by atoms with Crippen LogP contribution in [0.2, 0.25) is 0 Å². The van der Waals surface area contributed by atoms with Gasteiger partial charge in [-0.15, -0.1) is 11.6 Å². The Kier molecular flexibility index (Phi) is 3.85. The number of nitrogens with one attached hydrogen (secondary N) is 1. The van der Waals surface area contributed by atoms with Crippen LogP contribution in [0.5, 0.6) is 0 Å². The highest BCUT2D eigenvalue weighted by atomic mass is 79.9. The average molecular weight is 418 g/mol. The lowest BCUT2D eigenvalue weighted by Gasteiger charge is -2.36. The number of aromatic nitrogens is 2. The molecule has 0 fully saturated rings. The van der Waals surface area contributed by atoms with Gasteiger partial charge in [-0.3, -0.25) is 4.79 Å². The SMILES string of the molecule is CC1=CC(Br)=CC(Cl)C1(C)S(=O)(=O)n1ccc2cc[nH]c(=O)c21. The van der Waals surface area contributed by atoms with E-state index in [4.69, 9.17) is 11.6 Å². The Bertz CT molecular complexity index is 1020. The van der Waals surface area contributed by atoms with Crippen molar-refractivity contribution in [2.24, 2.45) is 0 Å². The van der Waals surface area contributed by atoms with Crippen LogP contribution >= 0.6 is 27.5 Å². The number of nitrogens with zero attached hydrogens (tertiary/aromatic N) is 1. The molecular weight excluding hydrogens is 404 g/mol. The number of allylic oxidation sites excluding steroid dienone is 3. The van der Waals surface area contributed by atoms with Crippen molar-refractivity contribution in [1.82, 2.24) is 8.96 Å². The van der Waals surface area contributed by atoms with E-state index in [9.17, 15) is 13.2 Å². The molecular formula is C15H14BrClN2O3S. The molecule has 0 aromatic carbocycles. The smallest absolute Gasteiger partial charge is 0.273 e. The molecule has 122 valence electrons. The van der Waals surface area contributed by atoms with Gasteiger partial charge in [0.1, 0.15) is 10.3 Å². The summed E-state index contributed by atoms with van der Waals surface area (Å²) in [4.78, 5) is 14.6. The summed E-state index contributed by atoms with van der Waals surface area (Å²) in [5.41, 5.74) is 0.236. The van der Waals surface area contributed by atoms with Gasteiger partial charge in [0.25, 0.3) is 5.56 Å². The van der Waals surface area contributed by atoms with Gasteiger partial charge in [-0.05, 0) is 37.6 Å². The monoisotopic (exact) mass is 416 g/mol. The zero-order chi connectivity index (χ0) is 17.0. The van der Waals surface area contributed by atoms with E-state index >= 15 is 0 Å². The van der Waals surface area contributed by atoms with Gasteiger partial charge in [-0.25, -0.2) is 12.4 Å². The van der Waals surface area contributed by atoms with Crippen LogP contribution in [0.15, 0.2) is 51.5 Å². The highest BCUT2D eigenvalue weighted by Gasteiger charge is 2.49. The molecule has 1 aliphatic carbocycles. The molecule has 23 heavy (non-hydrogen) atoms. The topological polar surface area (TPSA) is 71.9 Å². The van der Waals surface area contributed by atoms with Crippen LogP contribution in [0.3, 0.4) is 0 Å². The standard InChI is InChI=1S/C15H14BrClN2O3S/c1-9-7-11(16)8-12(17)15(9,2)23(21,22)19-6-4-10-3-5-18-14(20)13(10)19/h3-8,12H,1-2H3,(H,18,20). The Balaban J connectivity index is 2.30. The molecule has 2 unspecified atom stereocenters. The van der Waals surface area contributed by atoms with E-state index in [1.54, 1.807) is 38.1 Å². The summed E-state index contributed by atoms with van der Waals surface area (Å²) in [5.74, 6) is 0. The number of rotatable bonds is 2. The van der Waals surface area contributed by atoms with Crippen molar-refractivity contribution in [1.29, 1.82) is 0 Å². The minimum Gasteiger partial charge on any atom is -0.327 e. The van der Waals surface area contributed by atoms with Crippen molar-refractivity contribution in [3.8, 4) is 0 Å². The Hall–Kier alpha value is -1.31. The molecule has 0 spiro atoms. The second-order valence-electron chi connectivity index (χ2n) is 5.62. The van der Waals surface area contributed by atoms with Crippen molar-refractivity contribution < 1.29 is 8.42 Å². The number of halogens is 2. The molecule has 5 nitrogen and oxygen atoms in total. The summed E-state index contributed by atoms with van der Waals surface area (Å²) in [6.45, 7) is 3.29. The second kappa shape index (κ2) is 5.36. The summed E-state index contributed by atoms with van der Waals surface area (Å²) in [6, 6.07) is 3.26. The van der Waals surface area contributed by atoms with Crippen molar-refractivity contribution in [2.45, 2.75) is 24.0 Å². The fourth-order valence-corrected chi connectivity index (χ4v) is 6.02. The second-order valence-corrected chi connectivity index (χ2v) is 9.19. The predicted octanol–water partition coefficient (Wildman–Crippen LogP) is 3.11. The normalized spacial score (nSPS) is 25.3. The third-order valence-electron chi connectivity index (χ3n) is 4.34. The minimum atomic E-state index is -3.96. The summed E-state index contributed by atoms with van der Waals surface area (Å²) in [6.07, 6.45) is 6.25. The number of hydrogen-bond donors (Lipinski definition) is 1. The van der Waals surface area contributed by atoms with Crippen molar-refractivity contribution in [3.63, 3.8) is 0 Å². The van der Waals surface area contributed by atoms with Crippen LogP contribution in [-0.4, -0.2) is 27.5 Å². The number of aromatic amines is 1. The number of pyridine rings is 1. The number of hydrogen-bond acceptors (Lipinski definition) is 3. The van der Waals surface area contributed by atoms with Crippen LogP contribution in [0.1, 0.15) is 13.8 Å². The molecule has 2 aromatic rings. The highest BCUT2D eigenvalue weighted by Crippen LogP contribution is 2.41. The predicted molar refractivity (Wildman–Crippen MR) is 95.7 cm³/mol. The van der Waals surface area contributed by atoms with E-state index in [0.717, 1.165) is 8.45 Å². The maximum atomic E-state index is 13.3. The first-order valence-corrected chi connectivity index (χ1v) is 9.50. The lowest BCUT2D eigenvalue weighted by molar-refractivity contribution is 0.548. The van der Waals surface area contributed by atoms with E-state index in [-0.39, 0.29) is 5.52 Å². The van der Waals surface area contributed by atoms with Crippen molar-refractivity contribution >= 4 is 48.5 Å². The quantitative estimate of drug-likeness (QED) is 0.763. The molecule has 0 bridgehead atoms. The van der Waals surface area contributed by atoms with Crippen LogP contribution in [0.25, 0.3) is 10.9 Å². The molecule has 1 N–H and O–H groups in total. The van der Waals surface area contributed by atoms with Gasteiger partial charge in [-0.1, -0.05) is 22.0 Å². The molecule has 0 saturated heterocycles. The van der Waals surface area contributed by atoms with Crippen LogP contribution in [0, 0.1) is 0 Å². The zero-order valence-electron chi connectivity index (χ0n) is 12.4. The van der Waals surface area contributed by atoms with Crippen LogP contribution in [0.4, 0.5) is 0 Å².